The smallest absolute Gasteiger partial charge is 0.118 e. The fourth-order valence-corrected chi connectivity index (χ4v) is 0.800. The monoisotopic (exact) mass is 218 g/mol. The molecule has 0 radical (unpaired) electrons. The van der Waals surface area contributed by atoms with Crippen LogP contribution in [0.1, 0.15) is 0 Å². The van der Waals surface area contributed by atoms with Gasteiger partial charge in [-0.15, -0.1) is 0 Å². The summed E-state index contributed by atoms with van der Waals surface area (Å²) in [6.45, 7) is 7.24. The van der Waals surface area contributed by atoms with E-state index in [9.17, 15) is 0 Å². The summed E-state index contributed by atoms with van der Waals surface area (Å²) in [5, 5.41) is 0. The molecule has 0 N–H and O–H groups in total. The molecule has 2 nitrogen and oxygen atoms in total. The summed E-state index contributed by atoms with van der Waals surface area (Å²) in [5.41, 5.74) is 0. The number of ether oxygens (including phenoxy) is 2. The van der Waals surface area contributed by atoms with Crippen molar-refractivity contribution in [2.75, 3.05) is 14.2 Å². The van der Waals surface area contributed by atoms with Crippen LogP contribution in [-0.2, 0) is 9.47 Å². The zero-order valence-corrected chi connectivity index (χ0v) is 9.85. The molecule has 0 aromatic heterocycles. The highest BCUT2D eigenvalue weighted by Gasteiger charge is 1.83. The van der Waals surface area contributed by atoms with Gasteiger partial charge in [0, 0.05) is 0 Å². The molecule has 0 heterocycles. The lowest BCUT2D eigenvalue weighted by atomic mass is 10.3. The van der Waals surface area contributed by atoms with Crippen molar-refractivity contribution >= 4 is 0 Å². The Kier molecular flexibility index (Phi) is 8.41. The molecule has 86 valence electrons. The second-order valence-electron chi connectivity index (χ2n) is 2.78. The first-order chi connectivity index (χ1) is 7.74. The van der Waals surface area contributed by atoms with Gasteiger partial charge in [-0.25, -0.2) is 0 Å². The van der Waals surface area contributed by atoms with Crippen molar-refractivity contribution in [2.24, 2.45) is 0 Å². The van der Waals surface area contributed by atoms with E-state index >= 15 is 0 Å². The molecule has 0 aromatic rings. The van der Waals surface area contributed by atoms with E-state index < -0.39 is 0 Å². The van der Waals surface area contributed by atoms with Crippen molar-refractivity contribution in [3.63, 3.8) is 0 Å². The average molecular weight is 218 g/mol. The second-order valence-corrected chi connectivity index (χ2v) is 2.78. The van der Waals surface area contributed by atoms with Gasteiger partial charge in [-0.3, -0.25) is 0 Å². The van der Waals surface area contributed by atoms with Gasteiger partial charge in [0.2, 0.25) is 0 Å². The van der Waals surface area contributed by atoms with Gasteiger partial charge in [-0.2, -0.15) is 0 Å². The summed E-state index contributed by atoms with van der Waals surface area (Å²) in [5.74, 6) is 1.38. The van der Waals surface area contributed by atoms with Crippen LogP contribution in [-0.4, -0.2) is 14.2 Å². The van der Waals surface area contributed by atoms with Crippen LogP contribution >= 0.6 is 0 Å². The molecule has 0 atom stereocenters. The minimum absolute atomic E-state index is 0.618. The highest BCUT2D eigenvalue weighted by atomic mass is 16.5. The summed E-state index contributed by atoms with van der Waals surface area (Å²) in [4.78, 5) is 0. The zero-order valence-electron chi connectivity index (χ0n) is 9.85. The Labute approximate surface area is 97.6 Å². The molecule has 0 aromatic carbocycles. The van der Waals surface area contributed by atoms with E-state index in [2.05, 4.69) is 13.2 Å². The van der Waals surface area contributed by atoms with E-state index in [1.54, 1.807) is 26.4 Å². The largest absolute Gasteiger partial charge is 0.497 e. The Bertz CT molecular complexity index is 331. The van der Waals surface area contributed by atoms with Crippen molar-refractivity contribution in [1.82, 2.24) is 0 Å². The predicted octanol–water partition coefficient (Wildman–Crippen LogP) is 3.53. The van der Waals surface area contributed by atoms with E-state index in [-0.39, 0.29) is 0 Å². The number of allylic oxidation sites excluding steroid dienone is 8. The molecular formula is C14H18O2. The molecular weight excluding hydrogens is 200 g/mol. The molecule has 0 aliphatic carbocycles. The highest BCUT2D eigenvalue weighted by Crippen LogP contribution is 1.99. The number of methoxy groups -OCH3 is 2. The molecule has 0 aliphatic heterocycles. The van der Waals surface area contributed by atoms with Crippen LogP contribution in [0.2, 0.25) is 0 Å². The summed E-state index contributed by atoms with van der Waals surface area (Å²) >= 11 is 0. The topological polar surface area (TPSA) is 18.5 Å². The SMILES string of the molecule is C=C\C=C/C(=C\C=C/C=C\C(=C)OC)OC. The summed E-state index contributed by atoms with van der Waals surface area (Å²) < 4.78 is 9.98. The van der Waals surface area contributed by atoms with Gasteiger partial charge in [-0.1, -0.05) is 43.5 Å². The minimum Gasteiger partial charge on any atom is -0.497 e. The van der Waals surface area contributed by atoms with E-state index in [4.69, 9.17) is 9.47 Å². The predicted molar refractivity (Wildman–Crippen MR) is 68.9 cm³/mol. The lowest BCUT2D eigenvalue weighted by molar-refractivity contribution is 0.307. The molecule has 0 aliphatic rings. The van der Waals surface area contributed by atoms with Gasteiger partial charge in [-0.05, 0) is 18.2 Å². The van der Waals surface area contributed by atoms with Crippen LogP contribution in [0.15, 0.2) is 73.3 Å². The van der Waals surface area contributed by atoms with Gasteiger partial charge in [0.1, 0.15) is 11.5 Å². The normalized spacial score (nSPS) is 12.5. The van der Waals surface area contributed by atoms with Gasteiger partial charge >= 0.3 is 0 Å². The third-order valence-electron chi connectivity index (χ3n) is 1.66. The molecule has 2 heteroatoms. The van der Waals surface area contributed by atoms with Crippen LogP contribution in [0, 0.1) is 0 Å². The van der Waals surface area contributed by atoms with Crippen molar-refractivity contribution in [2.45, 2.75) is 0 Å². The van der Waals surface area contributed by atoms with E-state index in [0.717, 1.165) is 5.76 Å². The Hall–Kier alpha value is -1.96. The molecule has 0 bridgehead atoms. The van der Waals surface area contributed by atoms with Crippen molar-refractivity contribution < 1.29 is 9.47 Å². The molecule has 0 spiro atoms. The maximum absolute atomic E-state index is 5.11. The molecule has 0 saturated heterocycles. The van der Waals surface area contributed by atoms with E-state index in [1.165, 1.54) is 0 Å². The zero-order chi connectivity index (χ0) is 12.2. The average Bonchev–Trinajstić information content (AvgIpc) is 2.32. The van der Waals surface area contributed by atoms with Gasteiger partial charge in [0.05, 0.1) is 14.2 Å². The van der Waals surface area contributed by atoms with Gasteiger partial charge in [0.15, 0.2) is 0 Å². The second kappa shape index (κ2) is 9.59. The van der Waals surface area contributed by atoms with Crippen LogP contribution in [0.3, 0.4) is 0 Å². The van der Waals surface area contributed by atoms with Crippen molar-refractivity contribution in [3.8, 4) is 0 Å². The van der Waals surface area contributed by atoms with Gasteiger partial charge < -0.3 is 9.47 Å². The first-order valence-electron chi connectivity index (χ1n) is 4.85. The standard InChI is InChI=1S/C14H18O2/c1-5-6-11-14(16-4)12-9-7-8-10-13(2)15-3/h5-12H,1-2H2,3-4H3/b9-7-,10-8-,11-6-,14-12+. The Morgan fingerprint density at radius 2 is 1.69 bits per heavy atom. The Morgan fingerprint density at radius 1 is 0.938 bits per heavy atom. The number of hydrogen-bond acceptors (Lipinski definition) is 2. The fourth-order valence-electron chi connectivity index (χ4n) is 0.800. The Balaban J connectivity index is 4.27. The first-order valence-corrected chi connectivity index (χ1v) is 4.85. The molecule has 0 amide bonds. The molecule has 0 fully saturated rings. The Morgan fingerprint density at radius 3 is 2.25 bits per heavy atom. The van der Waals surface area contributed by atoms with Crippen LogP contribution in [0.25, 0.3) is 0 Å². The van der Waals surface area contributed by atoms with E-state index in [1.807, 2.05) is 36.5 Å². The van der Waals surface area contributed by atoms with E-state index in [0.29, 0.717) is 5.76 Å². The molecule has 0 saturated carbocycles. The molecule has 0 unspecified atom stereocenters. The van der Waals surface area contributed by atoms with Crippen molar-refractivity contribution in [3.05, 3.63) is 73.3 Å². The quantitative estimate of drug-likeness (QED) is 0.480. The van der Waals surface area contributed by atoms with Crippen molar-refractivity contribution in [1.29, 1.82) is 0 Å². The minimum atomic E-state index is 0.618. The lowest BCUT2D eigenvalue weighted by Gasteiger charge is -1.96. The molecule has 16 heavy (non-hydrogen) atoms. The number of rotatable bonds is 7. The maximum atomic E-state index is 5.11. The third kappa shape index (κ3) is 7.44. The summed E-state index contributed by atoms with van der Waals surface area (Å²) in [6.07, 6.45) is 14.5. The van der Waals surface area contributed by atoms with Crippen LogP contribution in [0.5, 0.6) is 0 Å². The summed E-state index contributed by atoms with van der Waals surface area (Å²) in [7, 11) is 3.20. The first kappa shape index (κ1) is 14.0. The summed E-state index contributed by atoms with van der Waals surface area (Å²) in [6, 6.07) is 0. The fraction of sp³-hybridized carbons (Fsp3) is 0.143. The van der Waals surface area contributed by atoms with Crippen LogP contribution < -0.4 is 0 Å². The van der Waals surface area contributed by atoms with Gasteiger partial charge in [0.25, 0.3) is 0 Å². The van der Waals surface area contributed by atoms with Crippen LogP contribution in [0.4, 0.5) is 0 Å². The number of hydrogen-bond donors (Lipinski definition) is 0. The maximum Gasteiger partial charge on any atom is 0.118 e. The highest BCUT2D eigenvalue weighted by molar-refractivity contribution is 5.23. The third-order valence-corrected chi connectivity index (χ3v) is 1.66. The molecule has 0 rings (SSSR count). The lowest BCUT2D eigenvalue weighted by Crippen LogP contribution is -1.79.